The van der Waals surface area contributed by atoms with Crippen LogP contribution in [0.15, 0.2) is 156 Å². The summed E-state index contributed by atoms with van der Waals surface area (Å²) in [6.45, 7) is 34.3. The monoisotopic (exact) mass is 992 g/mol. The summed E-state index contributed by atoms with van der Waals surface area (Å²) in [5.41, 5.74) is 11.6. The van der Waals surface area contributed by atoms with Crippen molar-refractivity contribution in [2.24, 2.45) is 11.8 Å². The lowest BCUT2D eigenvalue weighted by atomic mass is 9.78. The number of Topliss-reactive ketones (excluding diaryl/α,β-unsaturated/α-hetero) is 1. The molecule has 2 amide bonds. The number of hydrogen-bond acceptors (Lipinski definition) is 5. The third-order valence-electron chi connectivity index (χ3n) is 13.7. The minimum Gasteiger partial charge on any atom is -0.506 e. The smallest absolute Gasteiger partial charge is 0.224 e. The Balaban J connectivity index is 1.39. The first kappa shape index (κ1) is 54.7. The highest BCUT2D eigenvalue weighted by atomic mass is 16.3. The second kappa shape index (κ2) is 21.0. The van der Waals surface area contributed by atoms with Gasteiger partial charge in [-0.05, 0) is 104 Å². The van der Waals surface area contributed by atoms with E-state index in [1.807, 2.05) is 64.1 Å². The fourth-order valence-electron chi connectivity index (χ4n) is 9.37. The van der Waals surface area contributed by atoms with Gasteiger partial charge in [-0.25, -0.2) is 0 Å². The largest absolute Gasteiger partial charge is 0.506 e. The average molecular weight is 992 g/mol. The molecule has 8 heteroatoms. The van der Waals surface area contributed by atoms with Gasteiger partial charge in [-0.3, -0.25) is 14.4 Å². The zero-order valence-electron chi connectivity index (χ0n) is 46.8. The molecule has 8 nitrogen and oxygen atoms in total. The highest BCUT2D eigenvalue weighted by molar-refractivity contribution is 6.40. The molecule has 0 heterocycles. The lowest BCUT2D eigenvalue weighted by molar-refractivity contribution is -0.121. The van der Waals surface area contributed by atoms with Crippen LogP contribution in [0.3, 0.4) is 0 Å². The van der Waals surface area contributed by atoms with Gasteiger partial charge >= 0.3 is 0 Å². The topological polar surface area (TPSA) is 102 Å². The Morgan fingerprint density at radius 3 is 1.31 bits per heavy atom. The number of nitrogens with one attached hydrogen (secondary N) is 2. The van der Waals surface area contributed by atoms with Crippen LogP contribution in [0.4, 0.5) is 34.1 Å². The van der Waals surface area contributed by atoms with E-state index in [4.69, 9.17) is 0 Å². The van der Waals surface area contributed by atoms with Gasteiger partial charge < -0.3 is 20.6 Å². The van der Waals surface area contributed by atoms with Crippen molar-refractivity contribution < 1.29 is 19.5 Å². The van der Waals surface area contributed by atoms with Gasteiger partial charge in [0.25, 0.3) is 0 Å². The average Bonchev–Trinajstić information content (AvgIpc) is 3.30. The van der Waals surface area contributed by atoms with E-state index in [0.717, 1.165) is 34.1 Å². The number of anilines is 4. The minimum atomic E-state index is -0.401. The van der Waals surface area contributed by atoms with Crippen LogP contribution in [0.2, 0.25) is 0 Å². The van der Waals surface area contributed by atoms with Gasteiger partial charge in [0.2, 0.25) is 34.7 Å². The van der Waals surface area contributed by atoms with Crippen LogP contribution in [-0.2, 0) is 36.0 Å². The second-order valence-corrected chi connectivity index (χ2v) is 25.0. The van der Waals surface area contributed by atoms with Crippen LogP contribution >= 0.6 is 0 Å². The third-order valence-corrected chi connectivity index (χ3v) is 13.7. The van der Waals surface area contributed by atoms with Crippen molar-refractivity contribution in [3.63, 3.8) is 0 Å². The fourth-order valence-corrected chi connectivity index (χ4v) is 9.37. The van der Waals surface area contributed by atoms with Crippen molar-refractivity contribution in [2.75, 3.05) is 10.2 Å². The van der Waals surface area contributed by atoms with Gasteiger partial charge in [-0.2, -0.15) is 4.58 Å². The highest BCUT2D eigenvalue weighted by Gasteiger charge is 2.40. The van der Waals surface area contributed by atoms with E-state index < -0.39 is 5.78 Å². The van der Waals surface area contributed by atoms with Crippen molar-refractivity contribution in [1.82, 2.24) is 9.89 Å². The number of carbonyl (C=O) groups is 3. The van der Waals surface area contributed by atoms with Crippen LogP contribution < -0.4 is 20.1 Å². The van der Waals surface area contributed by atoms with E-state index in [2.05, 4.69) is 200 Å². The molecule has 0 unspecified atom stereocenters. The number of ketones is 1. The molecular weight excluding hydrogens is 913 g/mol. The predicted molar refractivity (Wildman–Crippen MR) is 310 cm³/mol. The SMILES string of the molecule is CC(C)CC(=O)NC1=CC(=[N+](c2ccc(C(C)(C)C)cc2)c2ccc(C(C)(C)C)cc2)C=C/C1=C1/C(=O)C(c2ccc(N(c3ccc(C(C)(C)C)cc3)c3ccc(C(C)(C)C)cc3)cc2NC(=O)CC(C)C)=C1O. The Labute approximate surface area is 441 Å². The molecule has 0 atom stereocenters. The van der Waals surface area contributed by atoms with Crippen molar-refractivity contribution in [2.45, 2.75) is 145 Å². The summed E-state index contributed by atoms with van der Waals surface area (Å²) in [6.07, 6.45) is 6.14. The maximum Gasteiger partial charge on any atom is 0.224 e. The molecule has 0 saturated heterocycles. The number of allylic oxidation sites excluding steroid dienone is 5. The van der Waals surface area contributed by atoms with E-state index in [1.54, 1.807) is 0 Å². The highest BCUT2D eigenvalue weighted by Crippen LogP contribution is 2.46. The molecule has 2 aliphatic carbocycles. The van der Waals surface area contributed by atoms with Crippen LogP contribution in [-0.4, -0.2) is 28.4 Å². The molecule has 0 aromatic heterocycles. The molecule has 386 valence electrons. The molecule has 5 aromatic carbocycles. The van der Waals surface area contributed by atoms with Gasteiger partial charge in [0.1, 0.15) is 5.76 Å². The zero-order chi connectivity index (χ0) is 54.2. The predicted octanol–water partition coefficient (Wildman–Crippen LogP) is 16.1. The van der Waals surface area contributed by atoms with E-state index in [-0.39, 0.29) is 75.1 Å². The maximum absolute atomic E-state index is 14.9. The van der Waals surface area contributed by atoms with Gasteiger partial charge in [0.05, 0.1) is 22.5 Å². The van der Waals surface area contributed by atoms with Crippen molar-refractivity contribution >= 4 is 63.0 Å². The summed E-state index contributed by atoms with van der Waals surface area (Å²) in [4.78, 5) is 44.5. The molecule has 0 aliphatic heterocycles. The van der Waals surface area contributed by atoms with E-state index in [9.17, 15) is 19.5 Å². The molecule has 0 spiro atoms. The number of amides is 2. The third kappa shape index (κ3) is 12.3. The summed E-state index contributed by atoms with van der Waals surface area (Å²) in [5, 5.41) is 18.5. The summed E-state index contributed by atoms with van der Waals surface area (Å²) < 4.78 is 2.14. The van der Waals surface area contributed by atoms with Crippen LogP contribution in [0, 0.1) is 11.8 Å². The molecule has 7 rings (SSSR count). The molecule has 2 aliphatic rings. The van der Waals surface area contributed by atoms with Gasteiger partial charge in [0.15, 0.2) is 0 Å². The molecule has 5 aromatic rings. The number of benzene rings is 5. The van der Waals surface area contributed by atoms with E-state index in [1.165, 1.54) is 22.3 Å². The van der Waals surface area contributed by atoms with Crippen LogP contribution in [0.5, 0.6) is 0 Å². The molecule has 0 fully saturated rings. The molecule has 0 radical (unpaired) electrons. The number of rotatable bonds is 12. The Hall–Kier alpha value is -7.06. The standard InChI is InChI=1S/C66H78N4O4/c1-41(2)37-57(71)67-55-39-51(69(47-25-17-43(18-26-47)63(5,6)7)48-27-19-44(20-28-48)64(8,9)10)33-35-53(55)59-61(73)60(62(59)74)54-36-34-52(40-56(54)68-58(72)38-42(3)4)70(49-29-21-45(22-30-49)65(11,12)13)50-31-23-46(24-32-50)66(14,15)16/h17-36,39-42H,37-38H2,1-16H3,(H2,67,68,71,72,73,74)/p+1. The Bertz CT molecular complexity index is 2980. The van der Waals surface area contributed by atoms with Gasteiger partial charge in [-0.15, -0.1) is 0 Å². The van der Waals surface area contributed by atoms with Crippen LogP contribution in [0.1, 0.15) is 151 Å². The number of aliphatic hydroxyl groups excluding tert-OH is 1. The number of nitrogens with zero attached hydrogens (tertiary/aromatic N) is 2. The Morgan fingerprint density at radius 2 is 0.919 bits per heavy atom. The molecular formula is C66H79N4O4+. The Kier molecular flexibility index (Phi) is 15.6. The maximum atomic E-state index is 14.9. The van der Waals surface area contributed by atoms with Crippen LogP contribution in [0.25, 0.3) is 5.57 Å². The molecule has 0 bridgehead atoms. The van der Waals surface area contributed by atoms with E-state index >= 15 is 0 Å². The van der Waals surface area contributed by atoms with Crippen molar-refractivity contribution in [3.05, 3.63) is 184 Å². The summed E-state index contributed by atoms with van der Waals surface area (Å²) in [5.74, 6) is -0.876. The quantitative estimate of drug-likeness (QED) is 0.0854. The van der Waals surface area contributed by atoms with Crippen molar-refractivity contribution in [3.8, 4) is 0 Å². The van der Waals surface area contributed by atoms with Gasteiger partial charge in [0, 0.05) is 77.5 Å². The summed E-state index contributed by atoms with van der Waals surface area (Å²) in [7, 11) is 0. The lowest BCUT2D eigenvalue weighted by Gasteiger charge is -2.30. The second-order valence-electron chi connectivity index (χ2n) is 25.0. The van der Waals surface area contributed by atoms with Gasteiger partial charge in [-0.1, -0.05) is 159 Å². The Morgan fingerprint density at radius 1 is 0.527 bits per heavy atom. The number of hydrogen-bond donors (Lipinski definition) is 3. The first-order valence-electron chi connectivity index (χ1n) is 26.3. The fraction of sp³-hybridized carbons (Fsp3) is 0.364. The number of aliphatic hydroxyl groups is 1. The summed E-state index contributed by atoms with van der Waals surface area (Å²) >= 11 is 0. The molecule has 74 heavy (non-hydrogen) atoms. The number of carbonyl (C=O) groups excluding carboxylic acids is 3. The molecule has 3 N–H and O–H groups in total. The van der Waals surface area contributed by atoms with Crippen molar-refractivity contribution in [1.29, 1.82) is 0 Å². The molecule has 0 saturated carbocycles. The van der Waals surface area contributed by atoms with E-state index in [0.29, 0.717) is 22.5 Å². The first-order valence-corrected chi connectivity index (χ1v) is 26.3. The summed E-state index contributed by atoms with van der Waals surface area (Å²) in [6, 6.07) is 39.7. The normalized spacial score (nSPS) is 15.4. The zero-order valence-corrected chi connectivity index (χ0v) is 46.8. The first-order chi connectivity index (χ1) is 34.5. The minimum absolute atomic E-state index is 0.0468. The lowest BCUT2D eigenvalue weighted by Crippen LogP contribution is -2.31.